The second-order valence-electron chi connectivity index (χ2n) is 25.4. The van der Waals surface area contributed by atoms with Crippen molar-refractivity contribution in [1.82, 2.24) is 0 Å². The number of thiophene rings is 1. The zero-order valence-electron chi connectivity index (χ0n) is 58.7. The van der Waals surface area contributed by atoms with Crippen LogP contribution in [0.15, 0.2) is 388 Å². The molecule has 0 radical (unpaired) electrons. The molecule has 16 aromatic carbocycles. The van der Waals surface area contributed by atoms with Gasteiger partial charge in [-0.2, -0.15) is 0 Å². The van der Waals surface area contributed by atoms with E-state index in [0.29, 0.717) is 0 Å². The van der Waals surface area contributed by atoms with E-state index in [1.165, 1.54) is 149 Å². The number of hydrogen-bond acceptors (Lipinski definition) is 1. The van der Waals surface area contributed by atoms with Crippen LogP contribution in [0.25, 0.3) is 109 Å². The average molecular weight is 1330 g/mol. The molecule has 0 amide bonds. The molecule has 1 heterocycles. The van der Waals surface area contributed by atoms with Gasteiger partial charge in [-0.1, -0.05) is 392 Å². The van der Waals surface area contributed by atoms with Gasteiger partial charge in [-0.3, -0.25) is 0 Å². The van der Waals surface area contributed by atoms with Gasteiger partial charge in [0.25, 0.3) is 0 Å². The van der Waals surface area contributed by atoms with E-state index in [0.717, 1.165) is 11.1 Å². The van der Waals surface area contributed by atoms with Crippen molar-refractivity contribution in [3.05, 3.63) is 432 Å². The lowest BCUT2D eigenvalue weighted by atomic mass is 9.92. The first-order chi connectivity index (χ1) is 49.4. The molecular formula is C99H85FS. The van der Waals surface area contributed by atoms with Gasteiger partial charge in [0.1, 0.15) is 5.82 Å². The standard InChI is InChI=1S/C21H16.C15H12.C13H11F.3C13H12.C11H10S/c1-15-13-14-21(19-11-5-4-9-17(15)19)20-12-6-8-16-7-2-3-10-18(16)20;1-11-6-9-15-13(10-11)8-7-12-4-2-3-5-14(12)15;1-10-2-4-11(5-3-10)12-6-8-13(14)9-7-12;1-11-7-5-6-10-13(11)12-8-3-2-4-9-12;1-11-6-5-9-13(10-11)12-7-3-2-4-8-12;1-11-7-9-13(10-8-11)12-5-3-2-4-6-12;1-9-4-6-10(7-5-9)11-3-2-8-12-11/h2-14H,1H3;2-10H,1H3;2-9H,1H3;3*2-10H,1H3;2-8H,1H3. The van der Waals surface area contributed by atoms with E-state index < -0.39 is 0 Å². The predicted octanol–water partition coefficient (Wildman–Crippen LogP) is 28.8. The molecule has 2 heteroatoms. The molecule has 0 N–H and O–H groups in total. The summed E-state index contributed by atoms with van der Waals surface area (Å²) < 4.78 is 12.7. The second kappa shape index (κ2) is 35.6. The Labute approximate surface area is 601 Å². The zero-order chi connectivity index (χ0) is 70.1. The second-order valence-corrected chi connectivity index (χ2v) is 26.3. The summed E-state index contributed by atoms with van der Waals surface area (Å²) in [4.78, 5) is 1.34. The van der Waals surface area contributed by atoms with Crippen LogP contribution in [0.2, 0.25) is 0 Å². The van der Waals surface area contributed by atoms with Gasteiger partial charge in [0.15, 0.2) is 0 Å². The Bertz CT molecular complexity index is 5320. The molecule has 0 saturated carbocycles. The Hall–Kier alpha value is -11.8. The Morgan fingerprint density at radius 1 is 0.198 bits per heavy atom. The molecule has 0 nitrogen and oxygen atoms in total. The monoisotopic (exact) mass is 1320 g/mol. The van der Waals surface area contributed by atoms with E-state index >= 15 is 0 Å². The minimum Gasteiger partial charge on any atom is -0.207 e. The molecule has 0 aliphatic carbocycles. The van der Waals surface area contributed by atoms with Gasteiger partial charge in [-0.15, -0.1) is 11.3 Å². The van der Waals surface area contributed by atoms with Gasteiger partial charge in [-0.05, 0) is 187 Å². The van der Waals surface area contributed by atoms with Crippen molar-refractivity contribution in [1.29, 1.82) is 0 Å². The predicted molar refractivity (Wildman–Crippen MR) is 439 cm³/mol. The summed E-state index contributed by atoms with van der Waals surface area (Å²) in [6.45, 7) is 14.8. The molecule has 0 spiro atoms. The Morgan fingerprint density at radius 3 is 1.17 bits per heavy atom. The third-order valence-corrected chi connectivity index (χ3v) is 18.6. The zero-order valence-corrected chi connectivity index (χ0v) is 59.6. The fourth-order valence-corrected chi connectivity index (χ4v) is 12.9. The van der Waals surface area contributed by atoms with Crippen LogP contribution >= 0.6 is 11.3 Å². The van der Waals surface area contributed by atoms with Crippen molar-refractivity contribution in [2.75, 3.05) is 0 Å². The lowest BCUT2D eigenvalue weighted by molar-refractivity contribution is 0.628. The van der Waals surface area contributed by atoms with Crippen molar-refractivity contribution in [2.45, 2.75) is 48.5 Å². The lowest BCUT2D eigenvalue weighted by Gasteiger charge is -2.11. The molecule has 0 bridgehead atoms. The third kappa shape index (κ3) is 19.7. The van der Waals surface area contributed by atoms with Gasteiger partial charge in [0, 0.05) is 4.88 Å². The van der Waals surface area contributed by atoms with Gasteiger partial charge >= 0.3 is 0 Å². The fourth-order valence-electron chi connectivity index (χ4n) is 12.2. The first-order valence-electron chi connectivity index (χ1n) is 34.5. The van der Waals surface area contributed by atoms with Gasteiger partial charge in [0.2, 0.25) is 0 Å². The van der Waals surface area contributed by atoms with E-state index in [1.54, 1.807) is 23.5 Å². The molecule has 0 fully saturated rings. The molecule has 1 aromatic heterocycles. The summed E-state index contributed by atoms with van der Waals surface area (Å²) in [5.41, 5.74) is 23.0. The molecular weight excluding hydrogens is 1240 g/mol. The lowest BCUT2D eigenvalue weighted by Crippen LogP contribution is -1.86. The molecule has 17 rings (SSSR count). The highest BCUT2D eigenvalue weighted by Crippen LogP contribution is 2.36. The number of benzene rings is 16. The fraction of sp³-hybridized carbons (Fsp3) is 0.0707. The molecule has 0 aliphatic rings. The SMILES string of the molecule is Cc1ccc(-c2ccc(F)cc2)cc1.Cc1ccc(-c2cccc3ccccc23)c2ccccc12.Cc1ccc(-c2ccccc2)cc1.Cc1ccc(-c2cccs2)cc1.Cc1ccc2c(ccc3ccccc32)c1.Cc1cccc(-c2ccccc2)c1.Cc1ccccc1-c1ccccc1. The van der Waals surface area contributed by atoms with Crippen molar-refractivity contribution in [3.8, 4) is 66.1 Å². The summed E-state index contributed by atoms with van der Waals surface area (Å²) in [6, 6.07) is 132. The van der Waals surface area contributed by atoms with Crippen LogP contribution in [0.3, 0.4) is 0 Å². The van der Waals surface area contributed by atoms with Crippen LogP contribution in [-0.4, -0.2) is 0 Å². The van der Waals surface area contributed by atoms with Crippen LogP contribution in [0, 0.1) is 54.3 Å². The summed E-state index contributed by atoms with van der Waals surface area (Å²) in [7, 11) is 0. The van der Waals surface area contributed by atoms with Crippen LogP contribution in [0.4, 0.5) is 4.39 Å². The number of halogens is 1. The van der Waals surface area contributed by atoms with E-state index in [4.69, 9.17) is 0 Å². The number of fused-ring (bicyclic) bond motifs is 5. The summed E-state index contributed by atoms with van der Waals surface area (Å²) >= 11 is 1.78. The number of hydrogen-bond donors (Lipinski definition) is 0. The number of rotatable bonds is 6. The van der Waals surface area contributed by atoms with Gasteiger partial charge in [-0.25, -0.2) is 4.39 Å². The normalized spacial score (nSPS) is 10.4. The third-order valence-electron chi connectivity index (χ3n) is 17.7. The molecule has 0 saturated heterocycles. The molecule has 0 unspecified atom stereocenters. The van der Waals surface area contributed by atoms with Crippen LogP contribution in [0.5, 0.6) is 0 Å². The van der Waals surface area contributed by atoms with E-state index in [-0.39, 0.29) is 5.82 Å². The first-order valence-corrected chi connectivity index (χ1v) is 35.4. The van der Waals surface area contributed by atoms with E-state index in [9.17, 15) is 4.39 Å². The van der Waals surface area contributed by atoms with Crippen molar-refractivity contribution in [3.63, 3.8) is 0 Å². The molecule has 101 heavy (non-hydrogen) atoms. The highest BCUT2D eigenvalue weighted by atomic mass is 32.1. The maximum atomic E-state index is 12.7. The molecule has 0 aliphatic heterocycles. The highest BCUT2D eigenvalue weighted by molar-refractivity contribution is 7.13. The maximum absolute atomic E-state index is 12.7. The Morgan fingerprint density at radius 2 is 0.594 bits per heavy atom. The molecule has 494 valence electrons. The average Bonchev–Trinajstić information content (AvgIpc) is 1.02. The maximum Gasteiger partial charge on any atom is 0.123 e. The topological polar surface area (TPSA) is 0 Å². The van der Waals surface area contributed by atoms with E-state index in [1.807, 2.05) is 30.3 Å². The number of aryl methyl sites for hydroxylation is 7. The quantitative estimate of drug-likeness (QED) is 0.146. The van der Waals surface area contributed by atoms with Crippen molar-refractivity contribution >= 4 is 54.4 Å². The minimum atomic E-state index is -0.194. The van der Waals surface area contributed by atoms with E-state index in [2.05, 4.69) is 381 Å². The first kappa shape index (κ1) is 70.5. The highest BCUT2D eigenvalue weighted by Gasteiger charge is 2.09. The van der Waals surface area contributed by atoms with Crippen LogP contribution in [-0.2, 0) is 0 Å². The largest absolute Gasteiger partial charge is 0.207 e. The van der Waals surface area contributed by atoms with Crippen LogP contribution < -0.4 is 0 Å². The van der Waals surface area contributed by atoms with Gasteiger partial charge < -0.3 is 0 Å². The van der Waals surface area contributed by atoms with Gasteiger partial charge in [0.05, 0.1) is 0 Å². The minimum absolute atomic E-state index is 0.194. The summed E-state index contributed by atoms with van der Waals surface area (Å²) in [6.07, 6.45) is 0. The Kier molecular flexibility index (Phi) is 24.9. The molecule has 17 aromatic rings. The molecule has 0 atom stereocenters. The van der Waals surface area contributed by atoms with Crippen molar-refractivity contribution in [2.24, 2.45) is 0 Å². The summed E-state index contributed by atoms with van der Waals surface area (Å²) in [5.74, 6) is -0.194. The van der Waals surface area contributed by atoms with Crippen LogP contribution in [0.1, 0.15) is 38.9 Å². The smallest absolute Gasteiger partial charge is 0.123 e. The van der Waals surface area contributed by atoms with Crippen molar-refractivity contribution < 1.29 is 4.39 Å². The summed E-state index contributed by atoms with van der Waals surface area (Å²) in [5, 5.41) is 12.7. The Balaban J connectivity index is 0.000000120.